The van der Waals surface area contributed by atoms with Gasteiger partial charge in [0, 0.05) is 12.6 Å². The Morgan fingerprint density at radius 2 is 2.11 bits per heavy atom. The number of rotatable bonds is 4. The Morgan fingerprint density at radius 3 is 2.67 bits per heavy atom. The van der Waals surface area contributed by atoms with Crippen LogP contribution in [0.2, 0.25) is 10.3 Å². The number of hydrogen-bond donors (Lipinski definition) is 0. The van der Waals surface area contributed by atoms with E-state index in [4.69, 9.17) is 23.2 Å². The van der Waals surface area contributed by atoms with Crippen LogP contribution < -0.4 is 0 Å². The van der Waals surface area contributed by atoms with E-state index in [1.165, 1.54) is 6.07 Å². The summed E-state index contributed by atoms with van der Waals surface area (Å²) in [5.41, 5.74) is 0.337. The fraction of sp³-hybridized carbons (Fsp3) is 0.583. The topological polar surface area (TPSA) is 46.1 Å². The van der Waals surface area contributed by atoms with Gasteiger partial charge in [-0.05, 0) is 24.8 Å². The van der Waals surface area contributed by atoms with Crippen molar-refractivity contribution in [1.82, 2.24) is 15.1 Å². The van der Waals surface area contributed by atoms with Crippen LogP contribution >= 0.6 is 23.2 Å². The first-order chi connectivity index (χ1) is 8.49. The molecule has 18 heavy (non-hydrogen) atoms. The number of carbonyl (C=O) groups is 1. The zero-order chi connectivity index (χ0) is 13.3. The molecule has 6 heteroatoms. The molecule has 98 valence electrons. The second kappa shape index (κ2) is 5.41. The van der Waals surface area contributed by atoms with Crippen LogP contribution in [0.1, 0.15) is 37.0 Å². The molecular weight excluding hydrogens is 273 g/mol. The van der Waals surface area contributed by atoms with Crippen molar-refractivity contribution in [2.45, 2.75) is 32.7 Å². The highest BCUT2D eigenvalue weighted by molar-refractivity contribution is 6.34. The third kappa shape index (κ3) is 3.12. The first-order valence-corrected chi connectivity index (χ1v) is 6.74. The van der Waals surface area contributed by atoms with Gasteiger partial charge in [0.15, 0.2) is 10.3 Å². The van der Waals surface area contributed by atoms with E-state index in [-0.39, 0.29) is 16.2 Å². The quantitative estimate of drug-likeness (QED) is 0.855. The average Bonchev–Trinajstić information content (AvgIpc) is 3.12. The lowest BCUT2D eigenvalue weighted by molar-refractivity contribution is 0.0722. The molecule has 1 saturated carbocycles. The third-order valence-electron chi connectivity index (χ3n) is 2.76. The second-order valence-electron chi connectivity index (χ2n) is 4.95. The molecule has 1 amide bonds. The highest BCUT2D eigenvalue weighted by atomic mass is 35.5. The van der Waals surface area contributed by atoms with Crippen molar-refractivity contribution in [3.8, 4) is 0 Å². The Bertz CT molecular complexity index is 461. The number of nitrogens with zero attached hydrogens (tertiary/aromatic N) is 3. The molecule has 0 N–H and O–H groups in total. The van der Waals surface area contributed by atoms with Gasteiger partial charge in [-0.1, -0.05) is 37.0 Å². The van der Waals surface area contributed by atoms with Crippen LogP contribution in [-0.2, 0) is 0 Å². The van der Waals surface area contributed by atoms with Crippen LogP contribution in [0.25, 0.3) is 0 Å². The monoisotopic (exact) mass is 287 g/mol. The Balaban J connectivity index is 2.24. The van der Waals surface area contributed by atoms with Gasteiger partial charge in [0.1, 0.15) is 0 Å². The lowest BCUT2D eigenvalue weighted by Crippen LogP contribution is -2.36. The van der Waals surface area contributed by atoms with E-state index >= 15 is 0 Å². The van der Waals surface area contributed by atoms with Gasteiger partial charge >= 0.3 is 0 Å². The zero-order valence-corrected chi connectivity index (χ0v) is 11.9. The van der Waals surface area contributed by atoms with Gasteiger partial charge in [0.2, 0.25) is 0 Å². The molecule has 4 nitrogen and oxygen atoms in total. The lowest BCUT2D eigenvalue weighted by atomic mass is 10.2. The van der Waals surface area contributed by atoms with E-state index in [0.717, 1.165) is 19.4 Å². The zero-order valence-electron chi connectivity index (χ0n) is 10.4. The highest BCUT2D eigenvalue weighted by Gasteiger charge is 2.34. The summed E-state index contributed by atoms with van der Waals surface area (Å²) in [6, 6.07) is 1.82. The summed E-state index contributed by atoms with van der Waals surface area (Å²) in [4.78, 5) is 14.3. The van der Waals surface area contributed by atoms with Gasteiger partial charge in [0.05, 0.1) is 5.56 Å². The molecule has 0 unspecified atom stereocenters. The normalized spacial score (nSPS) is 14.9. The molecular formula is C12H15Cl2N3O. The van der Waals surface area contributed by atoms with Crippen molar-refractivity contribution < 1.29 is 4.79 Å². The van der Waals surface area contributed by atoms with Gasteiger partial charge in [-0.2, -0.15) is 0 Å². The largest absolute Gasteiger partial charge is 0.335 e. The number of halogens is 2. The number of hydrogen-bond acceptors (Lipinski definition) is 3. The fourth-order valence-electron chi connectivity index (χ4n) is 1.84. The summed E-state index contributed by atoms with van der Waals surface area (Å²) in [7, 11) is 0. The summed E-state index contributed by atoms with van der Waals surface area (Å²) in [6.45, 7) is 4.89. The minimum atomic E-state index is -0.104. The predicted octanol–water partition coefficient (Wildman–Crippen LogP) is 3.04. The summed E-state index contributed by atoms with van der Waals surface area (Å²) >= 11 is 11.7. The molecule has 0 bridgehead atoms. The first-order valence-electron chi connectivity index (χ1n) is 5.98. The maximum Gasteiger partial charge on any atom is 0.257 e. The van der Waals surface area contributed by atoms with Crippen molar-refractivity contribution in [3.05, 3.63) is 21.9 Å². The van der Waals surface area contributed by atoms with E-state index in [2.05, 4.69) is 24.0 Å². The van der Waals surface area contributed by atoms with Gasteiger partial charge in [-0.3, -0.25) is 4.79 Å². The Kier molecular flexibility index (Phi) is 4.07. The Morgan fingerprint density at radius 1 is 1.44 bits per heavy atom. The molecule has 1 aromatic rings. The van der Waals surface area contributed by atoms with Gasteiger partial charge in [0.25, 0.3) is 5.91 Å². The van der Waals surface area contributed by atoms with E-state index in [1.807, 2.05) is 4.90 Å². The smallest absolute Gasteiger partial charge is 0.257 e. The molecule has 0 aliphatic heterocycles. The van der Waals surface area contributed by atoms with Crippen molar-refractivity contribution in [1.29, 1.82) is 0 Å². The van der Waals surface area contributed by atoms with E-state index in [9.17, 15) is 4.79 Å². The molecule has 0 spiro atoms. The van der Waals surface area contributed by atoms with E-state index < -0.39 is 0 Å². The minimum absolute atomic E-state index is 0.104. The molecule has 1 heterocycles. The molecule has 0 saturated heterocycles. The molecule has 1 aromatic heterocycles. The van der Waals surface area contributed by atoms with Crippen molar-refractivity contribution in [2.75, 3.05) is 6.54 Å². The second-order valence-corrected chi connectivity index (χ2v) is 5.70. The molecule has 0 atom stereocenters. The average molecular weight is 288 g/mol. The molecule has 0 radical (unpaired) electrons. The molecule has 2 rings (SSSR count). The third-order valence-corrected chi connectivity index (χ3v) is 3.22. The number of carbonyl (C=O) groups excluding carboxylic acids is 1. The lowest BCUT2D eigenvalue weighted by Gasteiger charge is -2.24. The van der Waals surface area contributed by atoms with E-state index in [1.54, 1.807) is 0 Å². The van der Waals surface area contributed by atoms with Crippen LogP contribution in [-0.4, -0.2) is 33.6 Å². The maximum atomic E-state index is 12.4. The van der Waals surface area contributed by atoms with Crippen LogP contribution in [0.15, 0.2) is 6.07 Å². The van der Waals surface area contributed by atoms with Crippen molar-refractivity contribution in [3.63, 3.8) is 0 Å². The number of aromatic nitrogens is 2. The van der Waals surface area contributed by atoms with Gasteiger partial charge in [-0.25, -0.2) is 0 Å². The predicted molar refractivity (Wildman–Crippen MR) is 70.9 cm³/mol. The van der Waals surface area contributed by atoms with Gasteiger partial charge in [-0.15, -0.1) is 10.2 Å². The minimum Gasteiger partial charge on any atom is -0.335 e. The molecule has 1 fully saturated rings. The van der Waals surface area contributed by atoms with Crippen molar-refractivity contribution >= 4 is 29.1 Å². The van der Waals surface area contributed by atoms with Gasteiger partial charge < -0.3 is 4.90 Å². The molecule has 1 aliphatic carbocycles. The SMILES string of the molecule is CC(C)CN(C(=O)c1cc(Cl)nnc1Cl)C1CC1. The maximum absolute atomic E-state index is 12.4. The summed E-state index contributed by atoms with van der Waals surface area (Å²) in [5.74, 6) is 0.312. The van der Waals surface area contributed by atoms with Crippen LogP contribution in [0.4, 0.5) is 0 Å². The van der Waals surface area contributed by atoms with Crippen LogP contribution in [0.5, 0.6) is 0 Å². The summed E-state index contributed by atoms with van der Waals surface area (Å²) < 4.78 is 0. The Labute approximate surface area is 116 Å². The first kappa shape index (κ1) is 13.6. The van der Waals surface area contributed by atoms with Crippen LogP contribution in [0.3, 0.4) is 0 Å². The summed E-state index contributed by atoms with van der Waals surface area (Å²) in [6.07, 6.45) is 2.12. The fourth-order valence-corrected chi connectivity index (χ4v) is 2.16. The number of amides is 1. The Hall–Kier alpha value is -0.870. The van der Waals surface area contributed by atoms with Crippen molar-refractivity contribution in [2.24, 2.45) is 5.92 Å². The van der Waals surface area contributed by atoms with Crippen LogP contribution in [0, 0.1) is 5.92 Å². The van der Waals surface area contributed by atoms with E-state index in [0.29, 0.717) is 17.5 Å². The molecule has 1 aliphatic rings. The summed E-state index contributed by atoms with van der Waals surface area (Å²) in [5, 5.41) is 7.59. The molecule has 0 aromatic carbocycles. The standard InChI is InChI=1S/C12H15Cl2N3O/c1-7(2)6-17(8-3-4-8)12(18)9-5-10(13)15-16-11(9)14/h5,7-8H,3-4,6H2,1-2H3. The highest BCUT2D eigenvalue weighted by Crippen LogP contribution is 2.30.